The van der Waals surface area contributed by atoms with Gasteiger partial charge in [-0.05, 0) is 37.1 Å². The van der Waals surface area contributed by atoms with Gasteiger partial charge in [0.1, 0.15) is 17.6 Å². The second-order valence-electron chi connectivity index (χ2n) is 5.82. The molecular weight excluding hydrogens is 240 g/mol. The third kappa shape index (κ3) is 3.03. The first-order valence-corrected chi connectivity index (χ1v) is 7.35. The van der Waals surface area contributed by atoms with Gasteiger partial charge in [-0.1, -0.05) is 19.3 Å². The molecule has 2 aliphatic rings. The van der Waals surface area contributed by atoms with Crippen molar-refractivity contribution in [3.05, 3.63) is 24.3 Å². The molecule has 1 aromatic carbocycles. The minimum atomic E-state index is 0.0814. The fourth-order valence-electron chi connectivity index (χ4n) is 3.35. The minimum Gasteiger partial charge on any atom is -0.508 e. The average molecular weight is 262 g/mol. The highest BCUT2D eigenvalue weighted by molar-refractivity contribution is 5.30. The molecule has 1 heterocycles. The highest BCUT2D eigenvalue weighted by Crippen LogP contribution is 2.39. The molecule has 3 nitrogen and oxygen atoms in total. The van der Waals surface area contributed by atoms with Crippen molar-refractivity contribution in [2.24, 2.45) is 0 Å². The fraction of sp³-hybridized carbons (Fsp3) is 0.625. The molecule has 0 bridgehead atoms. The minimum absolute atomic E-state index is 0.0814. The van der Waals surface area contributed by atoms with Crippen LogP contribution in [0.4, 0.5) is 0 Å². The molecule has 1 aliphatic heterocycles. The molecule has 1 saturated carbocycles. The van der Waals surface area contributed by atoms with Gasteiger partial charge in [0.05, 0.1) is 12.2 Å². The van der Waals surface area contributed by atoms with Crippen LogP contribution in [0.3, 0.4) is 0 Å². The topological polar surface area (TPSA) is 38.7 Å². The number of phenolic OH excluding ortho intramolecular Hbond substituents is 1. The molecule has 1 saturated heterocycles. The predicted octanol–water partition coefficient (Wildman–Crippen LogP) is 3.65. The van der Waals surface area contributed by atoms with Crippen molar-refractivity contribution in [2.45, 2.75) is 56.7 Å². The number of benzene rings is 1. The van der Waals surface area contributed by atoms with Crippen molar-refractivity contribution < 1.29 is 14.6 Å². The molecule has 1 unspecified atom stereocenters. The fourth-order valence-corrected chi connectivity index (χ4v) is 3.35. The molecule has 1 aliphatic carbocycles. The second-order valence-corrected chi connectivity index (χ2v) is 5.82. The summed E-state index contributed by atoms with van der Waals surface area (Å²) in [5.74, 6) is 1.12. The van der Waals surface area contributed by atoms with E-state index in [1.165, 1.54) is 32.1 Å². The predicted molar refractivity (Wildman–Crippen MR) is 73.5 cm³/mol. The van der Waals surface area contributed by atoms with Crippen LogP contribution in [0.2, 0.25) is 0 Å². The molecule has 1 spiro atoms. The zero-order valence-electron chi connectivity index (χ0n) is 11.3. The number of hydrogen-bond acceptors (Lipinski definition) is 3. The number of rotatable bonds is 2. The van der Waals surface area contributed by atoms with Gasteiger partial charge in [-0.25, -0.2) is 0 Å². The summed E-state index contributed by atoms with van der Waals surface area (Å²) in [4.78, 5) is 0. The van der Waals surface area contributed by atoms with E-state index in [2.05, 4.69) is 0 Å². The van der Waals surface area contributed by atoms with Crippen LogP contribution in [0, 0.1) is 0 Å². The molecular formula is C16H22O3. The monoisotopic (exact) mass is 262 g/mol. The first-order chi connectivity index (χ1) is 9.26. The van der Waals surface area contributed by atoms with Crippen LogP contribution in [0.1, 0.15) is 44.9 Å². The molecule has 3 heteroatoms. The lowest BCUT2D eigenvalue weighted by atomic mass is 9.79. The van der Waals surface area contributed by atoms with Gasteiger partial charge >= 0.3 is 0 Å². The maximum atomic E-state index is 9.29. The van der Waals surface area contributed by atoms with E-state index in [9.17, 15) is 5.11 Å². The third-order valence-electron chi connectivity index (χ3n) is 4.35. The van der Waals surface area contributed by atoms with Gasteiger partial charge in [-0.15, -0.1) is 0 Å². The Kier molecular flexibility index (Phi) is 3.65. The summed E-state index contributed by atoms with van der Waals surface area (Å²) >= 11 is 0. The Balaban J connectivity index is 1.63. The van der Waals surface area contributed by atoms with Crippen LogP contribution >= 0.6 is 0 Å². The molecule has 2 fully saturated rings. The Hall–Kier alpha value is -1.22. The average Bonchev–Trinajstić information content (AvgIpc) is 2.42. The first kappa shape index (κ1) is 12.8. The van der Waals surface area contributed by atoms with Crippen molar-refractivity contribution in [2.75, 3.05) is 6.61 Å². The Morgan fingerprint density at radius 3 is 2.58 bits per heavy atom. The largest absolute Gasteiger partial charge is 0.508 e. The van der Waals surface area contributed by atoms with Crippen molar-refractivity contribution >= 4 is 0 Å². The quantitative estimate of drug-likeness (QED) is 0.884. The van der Waals surface area contributed by atoms with Crippen LogP contribution in [0.15, 0.2) is 24.3 Å². The normalized spacial score (nSPS) is 26.2. The standard InChI is InChI=1S/C16H22O3/c17-13-4-6-14(7-5-13)19-15-8-11-18-16(12-15)9-2-1-3-10-16/h4-7,15,17H,1-3,8-12H2. The summed E-state index contributed by atoms with van der Waals surface area (Å²) in [5.41, 5.74) is 0.0814. The highest BCUT2D eigenvalue weighted by Gasteiger charge is 2.39. The number of aromatic hydroxyl groups is 1. The Morgan fingerprint density at radius 1 is 1.11 bits per heavy atom. The lowest BCUT2D eigenvalue weighted by Crippen LogP contribution is -2.45. The third-order valence-corrected chi connectivity index (χ3v) is 4.35. The Labute approximate surface area is 114 Å². The lowest BCUT2D eigenvalue weighted by molar-refractivity contribution is -0.129. The van der Waals surface area contributed by atoms with E-state index in [0.29, 0.717) is 0 Å². The summed E-state index contributed by atoms with van der Waals surface area (Å²) in [6.07, 6.45) is 8.49. The van der Waals surface area contributed by atoms with Crippen LogP contribution < -0.4 is 4.74 Å². The van der Waals surface area contributed by atoms with Gasteiger partial charge in [-0.3, -0.25) is 0 Å². The Bertz CT molecular complexity index is 401. The SMILES string of the molecule is Oc1ccc(OC2CCOC3(CCCCC3)C2)cc1. The highest BCUT2D eigenvalue weighted by atomic mass is 16.5. The summed E-state index contributed by atoms with van der Waals surface area (Å²) in [5, 5.41) is 9.29. The van der Waals surface area contributed by atoms with Crippen molar-refractivity contribution in [1.29, 1.82) is 0 Å². The molecule has 19 heavy (non-hydrogen) atoms. The van der Waals surface area contributed by atoms with E-state index in [-0.39, 0.29) is 17.5 Å². The van der Waals surface area contributed by atoms with Gasteiger partial charge < -0.3 is 14.6 Å². The maximum absolute atomic E-state index is 9.29. The van der Waals surface area contributed by atoms with E-state index in [1.807, 2.05) is 12.1 Å². The first-order valence-electron chi connectivity index (χ1n) is 7.35. The smallest absolute Gasteiger partial charge is 0.119 e. The zero-order chi connectivity index (χ0) is 13.1. The van der Waals surface area contributed by atoms with E-state index < -0.39 is 0 Å². The van der Waals surface area contributed by atoms with Crippen molar-refractivity contribution in [1.82, 2.24) is 0 Å². The number of ether oxygens (including phenoxy) is 2. The molecule has 3 rings (SSSR count). The van der Waals surface area contributed by atoms with Gasteiger partial charge in [0.25, 0.3) is 0 Å². The van der Waals surface area contributed by atoms with Crippen LogP contribution in [0.25, 0.3) is 0 Å². The van der Waals surface area contributed by atoms with E-state index in [1.54, 1.807) is 12.1 Å². The number of hydrogen-bond donors (Lipinski definition) is 1. The molecule has 104 valence electrons. The maximum Gasteiger partial charge on any atom is 0.119 e. The lowest BCUT2D eigenvalue weighted by Gasteiger charge is -2.43. The van der Waals surface area contributed by atoms with Gasteiger partial charge in [0.15, 0.2) is 0 Å². The summed E-state index contributed by atoms with van der Waals surface area (Å²) in [6, 6.07) is 7.01. The molecule has 1 atom stereocenters. The summed E-state index contributed by atoms with van der Waals surface area (Å²) in [6.45, 7) is 0.808. The van der Waals surface area contributed by atoms with Crippen LogP contribution in [-0.4, -0.2) is 23.4 Å². The van der Waals surface area contributed by atoms with Crippen molar-refractivity contribution in [3.8, 4) is 11.5 Å². The van der Waals surface area contributed by atoms with Crippen molar-refractivity contribution in [3.63, 3.8) is 0 Å². The van der Waals surface area contributed by atoms with E-state index in [0.717, 1.165) is 25.2 Å². The summed E-state index contributed by atoms with van der Waals surface area (Å²) < 4.78 is 12.1. The van der Waals surface area contributed by atoms with Gasteiger partial charge in [0, 0.05) is 12.8 Å². The molecule has 0 amide bonds. The van der Waals surface area contributed by atoms with E-state index in [4.69, 9.17) is 9.47 Å². The molecule has 1 N–H and O–H groups in total. The molecule has 0 aromatic heterocycles. The summed E-state index contributed by atoms with van der Waals surface area (Å²) in [7, 11) is 0. The molecule has 0 radical (unpaired) electrons. The Morgan fingerprint density at radius 2 is 1.84 bits per heavy atom. The second kappa shape index (κ2) is 5.41. The number of phenols is 1. The van der Waals surface area contributed by atoms with Crippen LogP contribution in [-0.2, 0) is 4.74 Å². The van der Waals surface area contributed by atoms with E-state index >= 15 is 0 Å². The van der Waals surface area contributed by atoms with Gasteiger partial charge in [0.2, 0.25) is 0 Å². The molecule has 1 aromatic rings. The zero-order valence-corrected chi connectivity index (χ0v) is 11.3. The van der Waals surface area contributed by atoms with Gasteiger partial charge in [-0.2, -0.15) is 0 Å². The van der Waals surface area contributed by atoms with Crippen LogP contribution in [0.5, 0.6) is 11.5 Å².